The summed E-state index contributed by atoms with van der Waals surface area (Å²) in [5.74, 6) is 0. The number of nitrogens with one attached hydrogen (secondary N) is 1. The van der Waals surface area contributed by atoms with Gasteiger partial charge in [0, 0.05) is 25.5 Å². The van der Waals surface area contributed by atoms with Crippen LogP contribution in [0.3, 0.4) is 0 Å². The Morgan fingerprint density at radius 2 is 2.27 bits per heavy atom. The smallest absolute Gasteiger partial charge is 0.0701 e. The molecule has 0 aliphatic heterocycles. The maximum absolute atomic E-state index is 3.42. The molecule has 1 rings (SSSR count). The molecule has 0 aliphatic carbocycles. The van der Waals surface area contributed by atoms with Crippen LogP contribution in [0.1, 0.15) is 4.88 Å². The molecule has 1 N–H and O–H groups in total. The molecule has 62 valence electrons. The lowest BCUT2D eigenvalue weighted by Crippen LogP contribution is -2.29. The van der Waals surface area contributed by atoms with Crippen LogP contribution in [0.5, 0.6) is 0 Å². The van der Waals surface area contributed by atoms with Gasteiger partial charge in [0.25, 0.3) is 0 Å². The van der Waals surface area contributed by atoms with Gasteiger partial charge >= 0.3 is 0 Å². The van der Waals surface area contributed by atoms with Gasteiger partial charge in [-0.15, -0.1) is 11.3 Å². The monoisotopic (exact) mass is 234 g/mol. The maximum atomic E-state index is 3.42. The molecule has 0 aromatic carbocycles. The average molecular weight is 235 g/mol. The van der Waals surface area contributed by atoms with Gasteiger partial charge in [0.1, 0.15) is 0 Å². The molecule has 2 nitrogen and oxygen atoms in total. The molecule has 0 radical (unpaired) electrons. The normalized spacial score (nSPS) is 10.9. The summed E-state index contributed by atoms with van der Waals surface area (Å²) >= 11 is 5.17. The first kappa shape index (κ1) is 9.19. The summed E-state index contributed by atoms with van der Waals surface area (Å²) in [5.41, 5.74) is 3.20. The Hall–Kier alpha value is 0.1000. The Labute approximate surface area is 79.3 Å². The number of rotatable bonds is 3. The van der Waals surface area contributed by atoms with Crippen LogP contribution in [-0.2, 0) is 6.54 Å². The van der Waals surface area contributed by atoms with Gasteiger partial charge in [-0.25, -0.2) is 0 Å². The van der Waals surface area contributed by atoms with Crippen LogP contribution >= 0.6 is 27.3 Å². The second-order valence-electron chi connectivity index (χ2n) is 2.44. The van der Waals surface area contributed by atoms with Crippen LogP contribution < -0.4 is 5.43 Å². The van der Waals surface area contributed by atoms with E-state index < -0.39 is 0 Å². The molecule has 0 aliphatic rings. The number of nitrogens with zero attached hydrogens (tertiary/aromatic N) is 1. The summed E-state index contributed by atoms with van der Waals surface area (Å²) in [6.45, 7) is 0.906. The van der Waals surface area contributed by atoms with Crippen molar-refractivity contribution in [2.75, 3.05) is 14.1 Å². The quantitative estimate of drug-likeness (QED) is 0.807. The molecular formula is C7H11BrN2S. The predicted octanol–water partition coefficient (Wildman–Crippen LogP) is 2.08. The Kier molecular flexibility index (Phi) is 3.51. The summed E-state index contributed by atoms with van der Waals surface area (Å²) in [6.07, 6.45) is 0. The highest BCUT2D eigenvalue weighted by molar-refractivity contribution is 9.11. The molecule has 1 heterocycles. The lowest BCUT2D eigenvalue weighted by molar-refractivity contribution is 0.287. The van der Waals surface area contributed by atoms with E-state index in [9.17, 15) is 0 Å². The zero-order valence-corrected chi connectivity index (χ0v) is 9.00. The Bertz CT molecular complexity index is 222. The first-order valence-corrected chi connectivity index (χ1v) is 4.94. The lowest BCUT2D eigenvalue weighted by atomic mass is 10.5. The largest absolute Gasteiger partial charge is 0.250 e. The molecule has 11 heavy (non-hydrogen) atoms. The molecule has 0 spiro atoms. The van der Waals surface area contributed by atoms with Crippen LogP contribution in [0.15, 0.2) is 15.9 Å². The van der Waals surface area contributed by atoms with E-state index >= 15 is 0 Å². The maximum Gasteiger partial charge on any atom is 0.0701 e. The SMILES string of the molecule is CN(C)NCc1ccc(Br)s1. The summed E-state index contributed by atoms with van der Waals surface area (Å²) < 4.78 is 1.19. The van der Waals surface area contributed by atoms with Gasteiger partial charge in [-0.05, 0) is 28.1 Å². The minimum atomic E-state index is 0.906. The van der Waals surface area contributed by atoms with Gasteiger partial charge in [0.2, 0.25) is 0 Å². The van der Waals surface area contributed by atoms with E-state index in [1.807, 2.05) is 19.1 Å². The predicted molar refractivity (Wildman–Crippen MR) is 52.5 cm³/mol. The molecule has 0 bridgehead atoms. The van der Waals surface area contributed by atoms with Crippen molar-refractivity contribution in [3.05, 3.63) is 20.8 Å². The Morgan fingerprint density at radius 1 is 1.55 bits per heavy atom. The van der Waals surface area contributed by atoms with Gasteiger partial charge in [-0.3, -0.25) is 10.4 Å². The second kappa shape index (κ2) is 4.21. The van der Waals surface area contributed by atoms with E-state index in [0.717, 1.165) is 6.54 Å². The molecule has 0 saturated carbocycles. The zero-order valence-electron chi connectivity index (χ0n) is 6.60. The van der Waals surface area contributed by atoms with E-state index in [1.54, 1.807) is 11.3 Å². The fourth-order valence-electron chi connectivity index (χ4n) is 0.683. The highest BCUT2D eigenvalue weighted by atomic mass is 79.9. The highest BCUT2D eigenvalue weighted by Gasteiger charge is 1.96. The van der Waals surface area contributed by atoms with E-state index in [0.29, 0.717) is 0 Å². The molecule has 0 amide bonds. The molecule has 1 aromatic heterocycles. The minimum absolute atomic E-state index is 0.906. The standard InChI is InChI=1S/C7H11BrN2S/c1-10(2)9-5-6-3-4-7(8)11-6/h3-4,9H,5H2,1-2H3. The van der Waals surface area contributed by atoms with Crippen molar-refractivity contribution in [1.82, 2.24) is 10.4 Å². The van der Waals surface area contributed by atoms with Crippen molar-refractivity contribution in [2.24, 2.45) is 0 Å². The van der Waals surface area contributed by atoms with Crippen molar-refractivity contribution >= 4 is 27.3 Å². The molecular weight excluding hydrogens is 224 g/mol. The van der Waals surface area contributed by atoms with Gasteiger partial charge < -0.3 is 0 Å². The third-order valence-corrected chi connectivity index (χ3v) is 2.82. The van der Waals surface area contributed by atoms with Crippen LogP contribution in [0.25, 0.3) is 0 Å². The summed E-state index contributed by atoms with van der Waals surface area (Å²) in [7, 11) is 3.98. The van der Waals surface area contributed by atoms with Crippen molar-refractivity contribution in [3.63, 3.8) is 0 Å². The van der Waals surface area contributed by atoms with Crippen molar-refractivity contribution in [1.29, 1.82) is 0 Å². The van der Waals surface area contributed by atoms with Crippen LogP contribution in [0.2, 0.25) is 0 Å². The number of hydrogen-bond acceptors (Lipinski definition) is 3. The summed E-state index contributed by atoms with van der Waals surface area (Å²) in [5, 5.41) is 1.95. The van der Waals surface area contributed by atoms with Gasteiger partial charge in [0.05, 0.1) is 3.79 Å². The molecule has 1 aromatic rings. The number of hydrogen-bond donors (Lipinski definition) is 1. The molecule has 4 heteroatoms. The fraction of sp³-hybridized carbons (Fsp3) is 0.429. The summed E-state index contributed by atoms with van der Waals surface area (Å²) in [6, 6.07) is 4.18. The van der Waals surface area contributed by atoms with Crippen LogP contribution in [-0.4, -0.2) is 19.1 Å². The van der Waals surface area contributed by atoms with E-state index in [1.165, 1.54) is 8.66 Å². The van der Waals surface area contributed by atoms with Crippen LogP contribution in [0, 0.1) is 0 Å². The molecule has 0 saturated heterocycles. The average Bonchev–Trinajstić information content (AvgIpc) is 2.31. The first-order chi connectivity index (χ1) is 5.18. The first-order valence-electron chi connectivity index (χ1n) is 3.33. The number of halogens is 1. The second-order valence-corrected chi connectivity index (χ2v) is 4.98. The van der Waals surface area contributed by atoms with Crippen molar-refractivity contribution < 1.29 is 0 Å². The number of hydrazine groups is 1. The molecule has 0 unspecified atom stereocenters. The molecule has 0 atom stereocenters. The Balaban J connectivity index is 2.39. The van der Waals surface area contributed by atoms with E-state index in [2.05, 4.69) is 33.5 Å². The third kappa shape index (κ3) is 3.33. The third-order valence-electron chi connectivity index (χ3n) is 1.20. The van der Waals surface area contributed by atoms with Gasteiger partial charge in [0.15, 0.2) is 0 Å². The lowest BCUT2D eigenvalue weighted by Gasteiger charge is -2.09. The van der Waals surface area contributed by atoms with E-state index in [4.69, 9.17) is 0 Å². The van der Waals surface area contributed by atoms with Gasteiger partial charge in [-0.2, -0.15) is 0 Å². The summed E-state index contributed by atoms with van der Waals surface area (Å²) in [4.78, 5) is 1.34. The molecule has 0 fully saturated rings. The topological polar surface area (TPSA) is 15.3 Å². The van der Waals surface area contributed by atoms with Gasteiger partial charge in [-0.1, -0.05) is 0 Å². The highest BCUT2D eigenvalue weighted by Crippen LogP contribution is 2.21. The van der Waals surface area contributed by atoms with Crippen molar-refractivity contribution in [3.8, 4) is 0 Å². The zero-order chi connectivity index (χ0) is 8.27. The van der Waals surface area contributed by atoms with Crippen LogP contribution in [0.4, 0.5) is 0 Å². The number of thiophene rings is 1. The Morgan fingerprint density at radius 3 is 2.73 bits per heavy atom. The van der Waals surface area contributed by atoms with Crippen molar-refractivity contribution in [2.45, 2.75) is 6.54 Å². The fourth-order valence-corrected chi connectivity index (χ4v) is 2.10. The van der Waals surface area contributed by atoms with E-state index in [-0.39, 0.29) is 0 Å². The minimum Gasteiger partial charge on any atom is -0.250 e.